The minimum absolute atomic E-state index is 0.0428. The molecule has 2 rings (SSSR count). The fourth-order valence-electron chi connectivity index (χ4n) is 2.09. The van der Waals surface area contributed by atoms with Gasteiger partial charge in [0.15, 0.2) is 0 Å². The lowest BCUT2D eigenvalue weighted by Crippen LogP contribution is -2.31. The molecule has 4 nitrogen and oxygen atoms in total. The highest BCUT2D eigenvalue weighted by atomic mass is 35.5. The zero-order valence-corrected chi connectivity index (χ0v) is 15.5. The first-order valence-corrected chi connectivity index (χ1v) is 9.20. The second-order valence-corrected chi connectivity index (χ2v) is 7.59. The van der Waals surface area contributed by atoms with Gasteiger partial charge in [-0.1, -0.05) is 40.9 Å². The number of hydrogen-bond donors (Lipinski definition) is 0. The van der Waals surface area contributed by atoms with E-state index in [1.165, 1.54) is 29.6 Å². The molecule has 0 aliphatic carbocycles. The van der Waals surface area contributed by atoms with Gasteiger partial charge in [0.2, 0.25) is 0 Å². The van der Waals surface area contributed by atoms with E-state index < -0.39 is 10.0 Å². The van der Waals surface area contributed by atoms with Crippen LogP contribution in [0, 0.1) is 0 Å². The van der Waals surface area contributed by atoms with Crippen molar-refractivity contribution in [1.82, 2.24) is 0 Å². The molecular weight excluding hydrogens is 381 g/mol. The minimum Gasteiger partial charge on any atom is -0.495 e. The number of benzene rings is 2. The average Bonchev–Trinajstić information content (AvgIpc) is 2.51. The summed E-state index contributed by atoms with van der Waals surface area (Å²) in [6, 6.07) is 9.11. The third-order valence-corrected chi connectivity index (χ3v) is 6.19. The molecule has 8 heteroatoms. The number of hydrogen-bond acceptors (Lipinski definition) is 3. The normalized spacial score (nSPS) is 11.3. The Morgan fingerprint density at radius 3 is 2.35 bits per heavy atom. The lowest BCUT2D eigenvalue weighted by atomic mass is 10.3. The van der Waals surface area contributed by atoms with Crippen LogP contribution in [0.2, 0.25) is 15.1 Å². The van der Waals surface area contributed by atoms with Crippen LogP contribution in [0.1, 0.15) is 6.92 Å². The predicted octanol–water partition coefficient (Wildman–Crippen LogP) is 4.87. The first-order valence-electron chi connectivity index (χ1n) is 6.63. The summed E-state index contributed by atoms with van der Waals surface area (Å²) in [5.41, 5.74) is 0.314. The minimum atomic E-state index is -3.84. The van der Waals surface area contributed by atoms with Crippen molar-refractivity contribution in [3.05, 3.63) is 51.5 Å². The molecule has 23 heavy (non-hydrogen) atoms. The second-order valence-electron chi connectivity index (χ2n) is 4.54. The number of anilines is 1. The summed E-state index contributed by atoms with van der Waals surface area (Å²) < 4.78 is 32.0. The number of ether oxygens (including phenoxy) is 1. The zero-order chi connectivity index (χ0) is 17.2. The molecule has 0 aliphatic heterocycles. The van der Waals surface area contributed by atoms with E-state index in [2.05, 4.69) is 0 Å². The Hall–Kier alpha value is -1.14. The van der Waals surface area contributed by atoms with Crippen LogP contribution in [0.15, 0.2) is 41.3 Å². The Labute approximate surface area is 150 Å². The molecule has 0 aliphatic rings. The van der Waals surface area contributed by atoms with Crippen molar-refractivity contribution in [2.24, 2.45) is 0 Å². The highest BCUT2D eigenvalue weighted by Crippen LogP contribution is 2.36. The van der Waals surface area contributed by atoms with E-state index >= 15 is 0 Å². The Bertz CT molecular complexity index is 825. The number of rotatable bonds is 5. The van der Waals surface area contributed by atoms with Crippen LogP contribution in [-0.2, 0) is 10.0 Å². The van der Waals surface area contributed by atoms with Crippen LogP contribution >= 0.6 is 34.8 Å². The van der Waals surface area contributed by atoms with Crippen LogP contribution in [0.3, 0.4) is 0 Å². The SMILES string of the molecule is CCN(c1cccc(Cl)c1Cl)S(=O)(=O)c1ccc(OC)c(Cl)c1. The van der Waals surface area contributed by atoms with Gasteiger partial charge in [-0.25, -0.2) is 8.42 Å². The molecule has 0 fully saturated rings. The number of methoxy groups -OCH3 is 1. The lowest BCUT2D eigenvalue weighted by molar-refractivity contribution is 0.414. The van der Waals surface area contributed by atoms with Crippen LogP contribution in [0.5, 0.6) is 5.75 Å². The van der Waals surface area contributed by atoms with Gasteiger partial charge in [0.1, 0.15) is 5.75 Å². The van der Waals surface area contributed by atoms with E-state index in [1.807, 2.05) is 0 Å². The van der Waals surface area contributed by atoms with E-state index in [-0.39, 0.29) is 26.5 Å². The average molecular weight is 395 g/mol. The van der Waals surface area contributed by atoms with Gasteiger partial charge in [0.25, 0.3) is 10.0 Å². The molecule has 124 valence electrons. The summed E-state index contributed by atoms with van der Waals surface area (Å²) in [6.45, 7) is 1.89. The molecule has 2 aromatic rings. The molecule has 0 saturated heterocycles. The highest BCUT2D eigenvalue weighted by Gasteiger charge is 2.26. The van der Waals surface area contributed by atoms with Gasteiger partial charge in [-0.15, -0.1) is 0 Å². The maximum absolute atomic E-state index is 12.9. The van der Waals surface area contributed by atoms with Gasteiger partial charge in [0, 0.05) is 6.54 Å². The molecule has 0 heterocycles. The summed E-state index contributed by atoms with van der Waals surface area (Å²) in [5, 5.41) is 0.673. The molecule has 0 atom stereocenters. The van der Waals surface area contributed by atoms with E-state index in [0.717, 1.165) is 0 Å². The van der Waals surface area contributed by atoms with Crippen molar-refractivity contribution < 1.29 is 13.2 Å². The first-order chi connectivity index (χ1) is 10.8. The summed E-state index contributed by atoms with van der Waals surface area (Å²) in [6.07, 6.45) is 0. The van der Waals surface area contributed by atoms with Gasteiger partial charge in [-0.3, -0.25) is 4.31 Å². The van der Waals surface area contributed by atoms with Crippen molar-refractivity contribution >= 4 is 50.5 Å². The summed E-state index contributed by atoms with van der Waals surface area (Å²) in [7, 11) is -2.38. The zero-order valence-electron chi connectivity index (χ0n) is 12.4. The molecule has 0 radical (unpaired) electrons. The van der Waals surface area contributed by atoms with E-state index in [0.29, 0.717) is 11.4 Å². The van der Waals surface area contributed by atoms with Crippen LogP contribution in [0.4, 0.5) is 5.69 Å². The number of sulfonamides is 1. The third kappa shape index (κ3) is 3.53. The Morgan fingerprint density at radius 2 is 1.78 bits per heavy atom. The molecule has 0 aromatic heterocycles. The maximum atomic E-state index is 12.9. The Morgan fingerprint density at radius 1 is 1.09 bits per heavy atom. The van der Waals surface area contributed by atoms with Crippen LogP contribution in [-0.4, -0.2) is 22.1 Å². The van der Waals surface area contributed by atoms with Crippen molar-refractivity contribution in [1.29, 1.82) is 0 Å². The second kappa shape index (κ2) is 7.18. The van der Waals surface area contributed by atoms with Crippen molar-refractivity contribution in [3.63, 3.8) is 0 Å². The van der Waals surface area contributed by atoms with Gasteiger partial charge >= 0.3 is 0 Å². The standard InChI is InChI=1S/C15H14Cl3NO3S/c1-3-19(13-6-4-5-11(16)15(13)18)23(20,21)10-7-8-14(22-2)12(17)9-10/h4-9H,3H2,1-2H3. The van der Waals surface area contributed by atoms with Crippen molar-refractivity contribution in [2.75, 3.05) is 18.0 Å². The maximum Gasteiger partial charge on any atom is 0.264 e. The molecular formula is C15H14Cl3NO3S. The topological polar surface area (TPSA) is 46.6 Å². The fourth-order valence-corrected chi connectivity index (χ4v) is 4.37. The smallest absolute Gasteiger partial charge is 0.264 e. The molecule has 0 N–H and O–H groups in total. The monoisotopic (exact) mass is 393 g/mol. The van der Waals surface area contributed by atoms with E-state index in [4.69, 9.17) is 39.5 Å². The fraction of sp³-hybridized carbons (Fsp3) is 0.200. The van der Waals surface area contributed by atoms with E-state index in [1.54, 1.807) is 25.1 Å². The van der Waals surface area contributed by atoms with Crippen molar-refractivity contribution in [2.45, 2.75) is 11.8 Å². The van der Waals surface area contributed by atoms with Gasteiger partial charge in [-0.2, -0.15) is 0 Å². The quantitative estimate of drug-likeness (QED) is 0.727. The molecule has 0 unspecified atom stereocenters. The lowest BCUT2D eigenvalue weighted by Gasteiger charge is -2.24. The van der Waals surface area contributed by atoms with Gasteiger partial charge < -0.3 is 4.74 Å². The van der Waals surface area contributed by atoms with Gasteiger partial charge in [0.05, 0.1) is 32.8 Å². The Kier molecular flexibility index (Phi) is 5.68. The molecule has 0 amide bonds. The summed E-state index contributed by atoms with van der Waals surface area (Å²) in [4.78, 5) is 0.0428. The Balaban J connectivity index is 2.56. The first kappa shape index (κ1) is 18.2. The van der Waals surface area contributed by atoms with Crippen molar-refractivity contribution in [3.8, 4) is 5.75 Å². The molecule has 0 bridgehead atoms. The molecule has 0 spiro atoms. The third-order valence-electron chi connectivity index (χ3n) is 3.20. The largest absolute Gasteiger partial charge is 0.495 e. The van der Waals surface area contributed by atoms with Crippen LogP contribution in [0.25, 0.3) is 0 Å². The van der Waals surface area contributed by atoms with Gasteiger partial charge in [-0.05, 0) is 37.3 Å². The predicted molar refractivity (Wildman–Crippen MR) is 94.7 cm³/mol. The number of halogens is 3. The van der Waals surface area contributed by atoms with Crippen LogP contribution < -0.4 is 9.04 Å². The highest BCUT2D eigenvalue weighted by molar-refractivity contribution is 7.92. The molecule has 0 saturated carbocycles. The number of nitrogens with zero attached hydrogens (tertiary/aromatic N) is 1. The summed E-state index contributed by atoms with van der Waals surface area (Å²) >= 11 is 18.2. The molecule has 2 aromatic carbocycles. The van der Waals surface area contributed by atoms with E-state index in [9.17, 15) is 8.42 Å². The summed E-state index contributed by atoms with van der Waals surface area (Å²) in [5.74, 6) is 0.398.